The molecule has 0 aliphatic carbocycles. The lowest BCUT2D eigenvalue weighted by Crippen LogP contribution is -2.44. The molecule has 8 nitrogen and oxygen atoms in total. The molecular weight excluding hydrogens is 322 g/mol. The van der Waals surface area contributed by atoms with Crippen molar-refractivity contribution in [3.05, 3.63) is 18.4 Å². The van der Waals surface area contributed by atoms with Crippen molar-refractivity contribution < 1.29 is 14.0 Å². The molecule has 3 N–H and O–H groups in total. The van der Waals surface area contributed by atoms with Crippen molar-refractivity contribution in [2.45, 2.75) is 52.1 Å². The van der Waals surface area contributed by atoms with Gasteiger partial charge in [-0.3, -0.25) is 14.9 Å². The number of rotatable bonds is 7. The van der Waals surface area contributed by atoms with Gasteiger partial charge in [-0.1, -0.05) is 20.3 Å². The van der Waals surface area contributed by atoms with Gasteiger partial charge in [-0.25, -0.2) is 4.98 Å². The lowest BCUT2D eigenvalue weighted by atomic mass is 9.92. The van der Waals surface area contributed by atoms with E-state index in [1.807, 2.05) is 6.07 Å². The normalized spacial score (nSPS) is 17.5. The molecule has 1 aromatic rings. The first-order chi connectivity index (χ1) is 12.1. The number of hydrogen-bond donors (Lipinski definition) is 3. The Hall–Kier alpha value is -2.40. The van der Waals surface area contributed by atoms with E-state index in [1.165, 1.54) is 18.9 Å². The Balaban J connectivity index is 0.000000970. The van der Waals surface area contributed by atoms with Crippen LogP contribution in [-0.4, -0.2) is 35.9 Å². The first kappa shape index (κ1) is 20.6. The number of amides is 2. The number of hydrogen-bond acceptors (Lipinski definition) is 6. The predicted molar refractivity (Wildman–Crippen MR) is 92.1 cm³/mol. The van der Waals surface area contributed by atoms with Crippen molar-refractivity contribution in [1.29, 1.82) is 5.26 Å². The highest BCUT2D eigenvalue weighted by molar-refractivity contribution is 5.80. The first-order valence-electron chi connectivity index (χ1n) is 8.66. The van der Waals surface area contributed by atoms with E-state index in [1.54, 1.807) is 0 Å². The maximum absolute atomic E-state index is 11.8. The molecule has 2 atom stereocenters. The van der Waals surface area contributed by atoms with Crippen LogP contribution in [0.2, 0.25) is 0 Å². The third kappa shape index (κ3) is 8.31. The summed E-state index contributed by atoms with van der Waals surface area (Å²) in [5, 5.41) is 17.4. The van der Waals surface area contributed by atoms with E-state index >= 15 is 0 Å². The van der Waals surface area contributed by atoms with Gasteiger partial charge < -0.3 is 15.1 Å². The highest BCUT2D eigenvalue weighted by Crippen LogP contribution is 2.17. The summed E-state index contributed by atoms with van der Waals surface area (Å²) in [6.45, 7) is 5.32. The maximum atomic E-state index is 11.8. The van der Waals surface area contributed by atoms with Gasteiger partial charge in [0.1, 0.15) is 12.3 Å². The Bertz CT molecular complexity index is 553. The largest absolute Gasteiger partial charge is 0.448 e. The van der Waals surface area contributed by atoms with E-state index in [0.29, 0.717) is 25.4 Å². The summed E-state index contributed by atoms with van der Waals surface area (Å²) >= 11 is 0. The highest BCUT2D eigenvalue weighted by atomic mass is 16.3. The summed E-state index contributed by atoms with van der Waals surface area (Å²) in [5.41, 5.74) is 0. The second-order valence-corrected chi connectivity index (χ2v) is 5.85. The second-order valence-electron chi connectivity index (χ2n) is 5.85. The van der Waals surface area contributed by atoms with Crippen molar-refractivity contribution in [2.24, 2.45) is 5.92 Å². The third-order valence-electron chi connectivity index (χ3n) is 3.46. The van der Waals surface area contributed by atoms with Gasteiger partial charge in [-0.2, -0.15) is 5.26 Å². The molecule has 1 fully saturated rings. The fourth-order valence-electron chi connectivity index (χ4n) is 2.36. The standard InChI is InChI=1S/C14H19N5O3.C3H8/c15-7-11(6-10-2-1-3-18-14(10)21)19-12(20)8-16-9-13-17-4-5-22-13;1-3-2/h4-5,10-11,16H,1-3,6,8-9H2,(H,18,21)(H,19,20);3H2,1-2H3. The Morgan fingerprint density at radius 2 is 2.32 bits per heavy atom. The highest BCUT2D eigenvalue weighted by Gasteiger charge is 2.26. The fraction of sp³-hybridized carbons (Fsp3) is 0.647. The van der Waals surface area contributed by atoms with Crippen LogP contribution >= 0.6 is 0 Å². The summed E-state index contributed by atoms with van der Waals surface area (Å²) in [5.74, 6) is -0.0559. The minimum Gasteiger partial charge on any atom is -0.448 e. The molecule has 138 valence electrons. The van der Waals surface area contributed by atoms with Gasteiger partial charge in [-0.15, -0.1) is 0 Å². The average Bonchev–Trinajstić information content (AvgIpc) is 3.10. The molecule has 0 saturated carbocycles. The predicted octanol–water partition coefficient (Wildman–Crippen LogP) is 1.11. The number of piperidine rings is 1. The van der Waals surface area contributed by atoms with Gasteiger partial charge in [0.15, 0.2) is 0 Å². The molecule has 25 heavy (non-hydrogen) atoms. The summed E-state index contributed by atoms with van der Waals surface area (Å²) in [4.78, 5) is 27.4. The molecule has 2 heterocycles. The van der Waals surface area contributed by atoms with Gasteiger partial charge >= 0.3 is 0 Å². The van der Waals surface area contributed by atoms with Crippen LogP contribution in [-0.2, 0) is 16.1 Å². The zero-order valence-corrected chi connectivity index (χ0v) is 14.9. The summed E-state index contributed by atoms with van der Waals surface area (Å²) < 4.78 is 5.03. The van der Waals surface area contributed by atoms with Gasteiger partial charge in [0.2, 0.25) is 17.7 Å². The van der Waals surface area contributed by atoms with Crippen LogP contribution in [0.5, 0.6) is 0 Å². The lowest BCUT2D eigenvalue weighted by Gasteiger charge is -2.23. The average molecular weight is 349 g/mol. The van der Waals surface area contributed by atoms with Gasteiger partial charge in [0.25, 0.3) is 0 Å². The molecule has 1 saturated heterocycles. The van der Waals surface area contributed by atoms with E-state index in [0.717, 1.165) is 12.8 Å². The molecule has 1 aliphatic heterocycles. The fourth-order valence-corrected chi connectivity index (χ4v) is 2.36. The van der Waals surface area contributed by atoms with Crippen molar-refractivity contribution >= 4 is 11.8 Å². The molecule has 0 spiro atoms. The topological polar surface area (TPSA) is 120 Å². The van der Waals surface area contributed by atoms with Crippen LogP contribution in [0.3, 0.4) is 0 Å². The smallest absolute Gasteiger partial charge is 0.235 e. The van der Waals surface area contributed by atoms with Crippen LogP contribution in [0.1, 0.15) is 45.4 Å². The number of aromatic nitrogens is 1. The number of oxazole rings is 1. The molecule has 2 amide bonds. The SMILES string of the molecule is CCC.N#CC(CC1CCCNC1=O)NC(=O)CNCc1ncco1. The Kier molecular flexibility index (Phi) is 9.94. The molecule has 2 rings (SSSR count). The van der Waals surface area contributed by atoms with Crippen molar-refractivity contribution in [3.63, 3.8) is 0 Å². The number of carbonyl (C=O) groups is 2. The second kappa shape index (κ2) is 12.0. The third-order valence-corrected chi connectivity index (χ3v) is 3.46. The first-order valence-corrected chi connectivity index (χ1v) is 8.66. The van der Waals surface area contributed by atoms with Crippen LogP contribution in [0, 0.1) is 17.2 Å². The molecule has 0 radical (unpaired) electrons. The van der Waals surface area contributed by atoms with Gasteiger partial charge in [0.05, 0.1) is 25.4 Å². The van der Waals surface area contributed by atoms with Gasteiger partial charge in [0, 0.05) is 12.5 Å². The number of nitrogens with zero attached hydrogens (tertiary/aromatic N) is 2. The maximum Gasteiger partial charge on any atom is 0.235 e. The Morgan fingerprint density at radius 1 is 1.56 bits per heavy atom. The quantitative estimate of drug-likeness (QED) is 0.678. The monoisotopic (exact) mass is 349 g/mol. The van der Waals surface area contributed by atoms with Crippen LogP contribution < -0.4 is 16.0 Å². The van der Waals surface area contributed by atoms with Gasteiger partial charge in [-0.05, 0) is 19.3 Å². The summed E-state index contributed by atoms with van der Waals surface area (Å²) in [6, 6.07) is 1.37. The zero-order valence-electron chi connectivity index (χ0n) is 14.9. The summed E-state index contributed by atoms with van der Waals surface area (Å²) in [7, 11) is 0. The van der Waals surface area contributed by atoms with E-state index in [9.17, 15) is 9.59 Å². The van der Waals surface area contributed by atoms with E-state index in [-0.39, 0.29) is 24.3 Å². The molecule has 0 aromatic carbocycles. The molecular formula is C17H27N5O3. The van der Waals surface area contributed by atoms with E-state index < -0.39 is 6.04 Å². The van der Waals surface area contributed by atoms with Crippen LogP contribution in [0.4, 0.5) is 0 Å². The molecule has 2 unspecified atom stereocenters. The van der Waals surface area contributed by atoms with E-state index in [4.69, 9.17) is 9.68 Å². The minimum absolute atomic E-state index is 0.0391. The van der Waals surface area contributed by atoms with Crippen LogP contribution in [0.25, 0.3) is 0 Å². The lowest BCUT2D eigenvalue weighted by molar-refractivity contribution is -0.127. The minimum atomic E-state index is -0.662. The molecule has 1 aromatic heterocycles. The van der Waals surface area contributed by atoms with Crippen molar-refractivity contribution in [2.75, 3.05) is 13.1 Å². The molecule has 1 aliphatic rings. The Labute approximate surface area is 148 Å². The summed E-state index contributed by atoms with van der Waals surface area (Å²) in [6.07, 6.45) is 6.23. The van der Waals surface area contributed by atoms with Crippen molar-refractivity contribution in [1.82, 2.24) is 20.9 Å². The Morgan fingerprint density at radius 3 is 2.92 bits per heavy atom. The number of nitrogens with one attached hydrogen (secondary N) is 3. The molecule has 8 heteroatoms. The zero-order chi connectivity index (χ0) is 18.5. The molecule has 0 bridgehead atoms. The van der Waals surface area contributed by atoms with Crippen molar-refractivity contribution in [3.8, 4) is 6.07 Å². The van der Waals surface area contributed by atoms with Crippen LogP contribution in [0.15, 0.2) is 16.9 Å². The number of carbonyl (C=O) groups excluding carboxylic acids is 2. The number of nitriles is 1. The van der Waals surface area contributed by atoms with E-state index in [2.05, 4.69) is 34.8 Å².